The number of rotatable bonds is 6. The number of aromatic nitrogens is 1. The number of hydrogen-bond donors (Lipinski definition) is 1. The molecule has 0 bridgehead atoms. The molecule has 0 atom stereocenters. The molecule has 0 aliphatic rings. The Kier molecular flexibility index (Phi) is 4.76. The Hall–Kier alpha value is -1.85. The van der Waals surface area contributed by atoms with Gasteiger partial charge in [-0.2, -0.15) is 0 Å². The molecule has 0 aliphatic heterocycles. The SMILES string of the molecule is COCCCOc1cc(C(=O)O)nc2ccc(Cl)cc12. The summed E-state index contributed by atoms with van der Waals surface area (Å²) in [5.41, 5.74) is 0.484. The number of aromatic carboxylic acids is 1. The maximum atomic E-state index is 11.1. The number of fused-ring (bicyclic) bond motifs is 1. The zero-order chi connectivity index (χ0) is 14.5. The Morgan fingerprint density at radius 1 is 1.35 bits per heavy atom. The van der Waals surface area contributed by atoms with E-state index in [1.54, 1.807) is 25.3 Å². The minimum atomic E-state index is -1.09. The topological polar surface area (TPSA) is 68.7 Å². The highest BCUT2D eigenvalue weighted by Gasteiger charge is 2.12. The van der Waals surface area contributed by atoms with Crippen LogP contribution in [0.15, 0.2) is 24.3 Å². The number of ether oxygens (including phenoxy) is 2. The Bertz CT molecular complexity index is 630. The van der Waals surface area contributed by atoms with Crippen LogP contribution in [0.2, 0.25) is 5.02 Å². The fourth-order valence-corrected chi connectivity index (χ4v) is 1.95. The van der Waals surface area contributed by atoms with Crippen LogP contribution in [0.4, 0.5) is 0 Å². The number of benzene rings is 1. The molecule has 1 heterocycles. The quantitative estimate of drug-likeness (QED) is 0.830. The average molecular weight is 296 g/mol. The Balaban J connectivity index is 2.37. The summed E-state index contributed by atoms with van der Waals surface area (Å²) in [4.78, 5) is 15.1. The molecule has 0 spiro atoms. The molecular formula is C14H14ClNO4. The third kappa shape index (κ3) is 3.37. The first-order valence-corrected chi connectivity index (χ1v) is 6.45. The van der Waals surface area contributed by atoms with Gasteiger partial charge in [0.2, 0.25) is 0 Å². The molecule has 2 aromatic rings. The van der Waals surface area contributed by atoms with E-state index in [0.29, 0.717) is 41.3 Å². The van der Waals surface area contributed by atoms with E-state index in [4.69, 9.17) is 26.2 Å². The van der Waals surface area contributed by atoms with E-state index in [9.17, 15) is 4.79 Å². The van der Waals surface area contributed by atoms with Gasteiger partial charge in [0.25, 0.3) is 0 Å². The Morgan fingerprint density at radius 2 is 2.15 bits per heavy atom. The Labute approximate surface area is 121 Å². The van der Waals surface area contributed by atoms with Crippen molar-refractivity contribution in [1.29, 1.82) is 0 Å². The average Bonchev–Trinajstić information content (AvgIpc) is 2.43. The number of methoxy groups -OCH3 is 1. The molecule has 1 aromatic carbocycles. The number of halogens is 1. The lowest BCUT2D eigenvalue weighted by Crippen LogP contribution is -2.05. The van der Waals surface area contributed by atoms with Crippen molar-refractivity contribution in [3.05, 3.63) is 35.0 Å². The highest BCUT2D eigenvalue weighted by Crippen LogP contribution is 2.28. The van der Waals surface area contributed by atoms with Gasteiger partial charge in [-0.1, -0.05) is 11.6 Å². The minimum Gasteiger partial charge on any atom is -0.493 e. The number of carboxylic acid groups (broad SMARTS) is 1. The van der Waals surface area contributed by atoms with E-state index >= 15 is 0 Å². The normalized spacial score (nSPS) is 10.7. The van der Waals surface area contributed by atoms with E-state index in [1.165, 1.54) is 6.07 Å². The fraction of sp³-hybridized carbons (Fsp3) is 0.286. The predicted molar refractivity (Wildman–Crippen MR) is 75.7 cm³/mol. The highest BCUT2D eigenvalue weighted by molar-refractivity contribution is 6.31. The largest absolute Gasteiger partial charge is 0.493 e. The lowest BCUT2D eigenvalue weighted by Gasteiger charge is -2.10. The molecule has 0 aliphatic carbocycles. The molecule has 1 N–H and O–H groups in total. The maximum Gasteiger partial charge on any atom is 0.354 e. The van der Waals surface area contributed by atoms with Gasteiger partial charge in [0.15, 0.2) is 5.69 Å². The van der Waals surface area contributed by atoms with Gasteiger partial charge in [0, 0.05) is 36.6 Å². The van der Waals surface area contributed by atoms with E-state index in [2.05, 4.69) is 4.98 Å². The van der Waals surface area contributed by atoms with Crippen LogP contribution in [0, 0.1) is 0 Å². The van der Waals surface area contributed by atoms with Gasteiger partial charge < -0.3 is 14.6 Å². The van der Waals surface area contributed by atoms with E-state index in [1.807, 2.05) is 0 Å². The van der Waals surface area contributed by atoms with Crippen LogP contribution < -0.4 is 4.74 Å². The summed E-state index contributed by atoms with van der Waals surface area (Å²) in [6.07, 6.45) is 0.712. The molecule has 0 saturated heterocycles. The molecule has 0 saturated carbocycles. The molecule has 6 heteroatoms. The molecule has 0 amide bonds. The number of carboxylic acids is 1. The molecule has 2 rings (SSSR count). The van der Waals surface area contributed by atoms with E-state index in [0.717, 1.165) is 0 Å². The highest BCUT2D eigenvalue weighted by atomic mass is 35.5. The van der Waals surface area contributed by atoms with Gasteiger partial charge in [-0.15, -0.1) is 0 Å². The number of carbonyl (C=O) groups is 1. The molecule has 106 valence electrons. The van der Waals surface area contributed by atoms with Gasteiger partial charge in [-0.25, -0.2) is 9.78 Å². The van der Waals surface area contributed by atoms with Gasteiger partial charge in [-0.3, -0.25) is 0 Å². The van der Waals surface area contributed by atoms with Crippen LogP contribution in [-0.2, 0) is 4.74 Å². The summed E-state index contributed by atoms with van der Waals surface area (Å²) in [5.74, 6) is -0.630. The second kappa shape index (κ2) is 6.54. The van der Waals surface area contributed by atoms with Crippen LogP contribution in [0.3, 0.4) is 0 Å². The fourth-order valence-electron chi connectivity index (χ4n) is 1.78. The van der Waals surface area contributed by atoms with Gasteiger partial charge in [0.1, 0.15) is 5.75 Å². The first-order chi connectivity index (χ1) is 9.61. The number of nitrogens with zero attached hydrogens (tertiary/aromatic N) is 1. The van der Waals surface area contributed by atoms with Crippen LogP contribution in [0.25, 0.3) is 10.9 Å². The maximum absolute atomic E-state index is 11.1. The molecule has 5 nitrogen and oxygen atoms in total. The molecule has 0 unspecified atom stereocenters. The summed E-state index contributed by atoms with van der Waals surface area (Å²) in [5, 5.41) is 10.3. The zero-order valence-electron chi connectivity index (χ0n) is 10.9. The second-order valence-corrected chi connectivity index (χ2v) is 4.60. The van der Waals surface area contributed by atoms with Crippen LogP contribution in [0.5, 0.6) is 5.75 Å². The third-order valence-electron chi connectivity index (χ3n) is 2.70. The van der Waals surface area contributed by atoms with Crippen molar-refractivity contribution in [3.8, 4) is 5.75 Å². The predicted octanol–water partition coefficient (Wildman–Crippen LogP) is 3.00. The standard InChI is InChI=1S/C14H14ClNO4/c1-19-5-2-6-20-13-8-12(14(17)18)16-11-4-3-9(15)7-10(11)13/h3-4,7-8H,2,5-6H2,1H3,(H,17,18). The van der Waals surface area contributed by atoms with Crippen molar-refractivity contribution < 1.29 is 19.4 Å². The Morgan fingerprint density at radius 3 is 2.85 bits per heavy atom. The first-order valence-electron chi connectivity index (χ1n) is 6.07. The van der Waals surface area contributed by atoms with Crippen molar-refractivity contribution in [1.82, 2.24) is 4.98 Å². The molecule has 1 aromatic heterocycles. The molecule has 0 radical (unpaired) electrons. The summed E-state index contributed by atoms with van der Waals surface area (Å²) in [6.45, 7) is 1.01. The van der Waals surface area contributed by atoms with Crippen LogP contribution in [-0.4, -0.2) is 36.4 Å². The molecule has 20 heavy (non-hydrogen) atoms. The van der Waals surface area contributed by atoms with Crippen molar-refractivity contribution in [3.63, 3.8) is 0 Å². The summed E-state index contributed by atoms with van der Waals surface area (Å²) >= 11 is 5.96. The van der Waals surface area contributed by atoms with Crippen molar-refractivity contribution >= 4 is 28.5 Å². The monoisotopic (exact) mass is 295 g/mol. The van der Waals surface area contributed by atoms with Gasteiger partial charge >= 0.3 is 5.97 Å². The van der Waals surface area contributed by atoms with Crippen LogP contribution in [0.1, 0.15) is 16.9 Å². The number of pyridine rings is 1. The summed E-state index contributed by atoms with van der Waals surface area (Å²) in [6, 6.07) is 6.46. The van der Waals surface area contributed by atoms with Crippen molar-refractivity contribution in [2.75, 3.05) is 20.3 Å². The van der Waals surface area contributed by atoms with Gasteiger partial charge in [0.05, 0.1) is 12.1 Å². The zero-order valence-corrected chi connectivity index (χ0v) is 11.7. The third-order valence-corrected chi connectivity index (χ3v) is 2.94. The lowest BCUT2D eigenvalue weighted by molar-refractivity contribution is 0.0690. The van der Waals surface area contributed by atoms with Crippen LogP contribution >= 0.6 is 11.6 Å². The number of hydrogen-bond acceptors (Lipinski definition) is 4. The first kappa shape index (κ1) is 14.6. The summed E-state index contributed by atoms with van der Waals surface area (Å²) < 4.78 is 10.6. The van der Waals surface area contributed by atoms with E-state index in [-0.39, 0.29) is 5.69 Å². The smallest absolute Gasteiger partial charge is 0.354 e. The second-order valence-electron chi connectivity index (χ2n) is 4.17. The minimum absolute atomic E-state index is 0.0541. The van der Waals surface area contributed by atoms with Crippen molar-refractivity contribution in [2.24, 2.45) is 0 Å². The van der Waals surface area contributed by atoms with Gasteiger partial charge in [-0.05, 0) is 18.2 Å². The van der Waals surface area contributed by atoms with Crippen molar-refractivity contribution in [2.45, 2.75) is 6.42 Å². The lowest BCUT2D eigenvalue weighted by atomic mass is 10.2. The summed E-state index contributed by atoms with van der Waals surface area (Å²) in [7, 11) is 1.62. The molecular weight excluding hydrogens is 282 g/mol. The molecule has 0 fully saturated rings. The van der Waals surface area contributed by atoms with E-state index < -0.39 is 5.97 Å².